The zero-order chi connectivity index (χ0) is 23.2. The first kappa shape index (κ1) is 2.13. The van der Waals surface area contributed by atoms with E-state index >= 15 is 0 Å². The molecule has 1 aromatic rings. The average molecular weight is 206 g/mol. The number of hydrogen-bond donors (Lipinski definition) is 1. The molecule has 0 bridgehead atoms. The normalized spacial score (nSPS) is 58.6. The average Bonchev–Trinajstić information content (AvgIpc) is 2.54. The molecule has 1 fully saturated rings. The highest BCUT2D eigenvalue weighted by molar-refractivity contribution is 5.50. The second-order valence-electron chi connectivity index (χ2n) is 2.38. The molecule has 0 aliphatic carbocycles. The van der Waals surface area contributed by atoms with Gasteiger partial charge in [-0.1, -0.05) is 0 Å². The summed E-state index contributed by atoms with van der Waals surface area (Å²) in [7, 11) is 0. The van der Waals surface area contributed by atoms with Crippen LogP contribution in [0.2, 0.25) is 0 Å². The minimum absolute atomic E-state index is 0.287. The van der Waals surface area contributed by atoms with Gasteiger partial charge in [0.25, 0.3) is 0 Å². The van der Waals surface area contributed by atoms with E-state index in [-0.39, 0.29) is 4.90 Å². The van der Waals surface area contributed by atoms with Gasteiger partial charge in [-0.3, -0.25) is 0 Å². The third-order valence-electron chi connectivity index (χ3n) is 1.45. The molecule has 1 saturated heterocycles. The molecule has 1 aromatic heterocycles. The summed E-state index contributed by atoms with van der Waals surface area (Å²) in [6, 6.07) is -5.61. The fourth-order valence-corrected chi connectivity index (χ4v) is 0.872. The van der Waals surface area contributed by atoms with Crippen LogP contribution < -0.4 is 10.6 Å². The van der Waals surface area contributed by atoms with Gasteiger partial charge in [0, 0.05) is 45.5 Å². The number of rotatable bonds is 1. The van der Waals surface area contributed by atoms with Gasteiger partial charge in [-0.05, 0) is 32.0 Å². The van der Waals surface area contributed by atoms with Crippen molar-refractivity contribution in [2.75, 3.05) is 17.1 Å². The third kappa shape index (κ3) is 1.81. The first-order valence-corrected chi connectivity index (χ1v) is 3.66. The monoisotopic (exact) mass is 206 g/mol. The van der Waals surface area contributed by atoms with Crippen LogP contribution in [-0.2, 0) is 0 Å². The number of anilines is 2. The largest absolute Gasteiger partial charge is 0.399 e. The maximum absolute atomic E-state index is 8.42. The minimum Gasteiger partial charge on any atom is -0.399 e. The van der Waals surface area contributed by atoms with Crippen LogP contribution in [0.15, 0.2) is 18.3 Å². The van der Waals surface area contributed by atoms with E-state index in [0.29, 0.717) is 0 Å². The Balaban J connectivity index is 3.09. The lowest BCUT2D eigenvalue weighted by Gasteiger charge is -2.34. The molecule has 0 amide bonds. The lowest BCUT2D eigenvalue weighted by Crippen LogP contribution is -2.37. The maximum atomic E-state index is 8.42. The summed E-state index contributed by atoms with van der Waals surface area (Å²) in [5, 5.41) is 0. The molecular formula is C11H17N3. The highest BCUT2D eigenvalue weighted by Crippen LogP contribution is 2.23. The Morgan fingerprint density at radius 1 is 1.86 bits per heavy atom. The van der Waals surface area contributed by atoms with Crippen LogP contribution in [0.1, 0.15) is 46.5 Å². The first-order chi connectivity index (χ1) is 12.6. The molecule has 1 aliphatic heterocycles. The van der Waals surface area contributed by atoms with Gasteiger partial charge in [0.05, 0.1) is 5.48 Å². The van der Waals surface area contributed by atoms with Crippen LogP contribution in [0.4, 0.5) is 11.5 Å². The molecule has 0 saturated carbocycles. The van der Waals surface area contributed by atoms with Crippen molar-refractivity contribution in [3.63, 3.8) is 0 Å². The quantitative estimate of drug-likeness (QED) is 0.764. The predicted octanol–water partition coefficient (Wildman–Crippen LogP) is 2.04. The summed E-state index contributed by atoms with van der Waals surface area (Å²) in [5.74, 6) is -1.16. The molecule has 3 heteroatoms. The van der Waals surface area contributed by atoms with E-state index in [1.165, 1.54) is 0 Å². The molecule has 2 heterocycles. The van der Waals surface area contributed by atoms with Crippen LogP contribution in [-0.4, -0.2) is 17.5 Å². The Hall–Kier alpha value is -1.25. The van der Waals surface area contributed by atoms with Crippen LogP contribution in [0.3, 0.4) is 0 Å². The SMILES string of the molecule is [2H]c1nc(N2C([2H])([2H])C([2H])([2H])C([2H])([2H])C([2H])([2H])C2([2H])C([2H])([2H])[2H])c([2H])c(N)c1[2H]. The fourth-order valence-electron chi connectivity index (χ4n) is 0.872. The topological polar surface area (TPSA) is 42.2 Å². The van der Waals surface area contributed by atoms with Crippen molar-refractivity contribution in [1.82, 2.24) is 4.98 Å². The van der Waals surface area contributed by atoms with Crippen LogP contribution in [0.25, 0.3) is 0 Å². The second kappa shape index (κ2) is 3.86. The zero-order valence-corrected chi connectivity index (χ0v) is 6.97. The maximum Gasteiger partial charge on any atom is 0.130 e. The summed E-state index contributed by atoms with van der Waals surface area (Å²) >= 11 is 0. The summed E-state index contributed by atoms with van der Waals surface area (Å²) in [6.45, 7) is -7.51. The van der Waals surface area contributed by atoms with Crippen molar-refractivity contribution < 1.29 is 20.6 Å². The Labute approximate surface area is 106 Å². The fraction of sp³-hybridized carbons (Fsp3) is 0.545. The number of piperidine rings is 1. The summed E-state index contributed by atoms with van der Waals surface area (Å²) in [5.41, 5.74) is 4.77. The van der Waals surface area contributed by atoms with Gasteiger partial charge in [0.1, 0.15) is 5.82 Å². The van der Waals surface area contributed by atoms with Crippen LogP contribution in [0, 0.1) is 0 Å². The molecule has 0 aromatic carbocycles. The zero-order valence-electron chi connectivity index (χ0n) is 22.0. The molecule has 1 atom stereocenters. The molecule has 3 nitrogen and oxygen atoms in total. The molecule has 0 radical (unpaired) electrons. The van der Waals surface area contributed by atoms with E-state index in [0.717, 1.165) is 0 Å². The number of nitrogens with two attached hydrogens (primary N) is 1. The number of aromatic nitrogens is 1. The highest BCUT2D eigenvalue weighted by Gasteiger charge is 2.19. The molecule has 2 N–H and O–H groups in total. The molecular weight excluding hydrogens is 174 g/mol. The van der Waals surface area contributed by atoms with Crippen LogP contribution in [0.5, 0.6) is 0 Å². The molecule has 1 unspecified atom stereocenters. The number of hydrogen-bond acceptors (Lipinski definition) is 3. The van der Waals surface area contributed by atoms with Crippen molar-refractivity contribution in [2.45, 2.75) is 32.0 Å². The van der Waals surface area contributed by atoms with E-state index < -0.39 is 68.2 Å². The molecule has 14 heavy (non-hydrogen) atoms. The van der Waals surface area contributed by atoms with Crippen molar-refractivity contribution in [2.24, 2.45) is 0 Å². The number of pyridine rings is 1. The highest BCUT2D eigenvalue weighted by atomic mass is 15.2. The van der Waals surface area contributed by atoms with Gasteiger partial charge in [-0.25, -0.2) is 4.98 Å². The van der Waals surface area contributed by atoms with E-state index in [4.69, 9.17) is 26.3 Å². The number of nitrogen functional groups attached to an aromatic ring is 1. The van der Waals surface area contributed by atoms with E-state index in [9.17, 15) is 0 Å². The van der Waals surface area contributed by atoms with E-state index in [1.807, 2.05) is 0 Å². The summed E-state index contributed by atoms with van der Waals surface area (Å²) < 4.78 is 119. The van der Waals surface area contributed by atoms with Crippen molar-refractivity contribution in [3.05, 3.63) is 18.3 Å². The molecule has 76 valence electrons. The first-order valence-electron chi connectivity index (χ1n) is 11.2. The minimum atomic E-state index is -3.87. The standard InChI is InChI=1S/C11H17N3/c1-9-4-2-3-7-14(9)11-8-10(12)5-6-13-11/h5-6,8-9H,2-4,7H2,1H3,(H2,12,13)/i1D3,2D2,3D2,4D2,5D,6D,7D2,8D,9D. The lowest BCUT2D eigenvalue weighted by atomic mass is 10.0. The van der Waals surface area contributed by atoms with Gasteiger partial charge in [-0.15, -0.1) is 0 Å². The summed E-state index contributed by atoms with van der Waals surface area (Å²) in [6.07, 6.45) is -12.4. The van der Waals surface area contributed by atoms with Crippen LogP contribution >= 0.6 is 0 Å². The van der Waals surface area contributed by atoms with Gasteiger partial charge >= 0.3 is 0 Å². The molecule has 2 rings (SSSR count). The Morgan fingerprint density at radius 2 is 2.79 bits per heavy atom. The van der Waals surface area contributed by atoms with Crippen molar-refractivity contribution in [3.8, 4) is 0 Å². The Bertz CT molecular complexity index is 847. The molecule has 0 spiro atoms. The van der Waals surface area contributed by atoms with Gasteiger partial charge in [0.15, 0.2) is 0 Å². The Kier molecular flexibility index (Phi) is 0.588. The van der Waals surface area contributed by atoms with Gasteiger partial charge < -0.3 is 10.6 Å². The molecule has 1 aliphatic rings. The Morgan fingerprint density at radius 3 is 3.64 bits per heavy atom. The summed E-state index contributed by atoms with van der Waals surface area (Å²) in [4.78, 5) is 3.12. The number of nitrogens with zero attached hydrogens (tertiary/aromatic N) is 2. The lowest BCUT2D eigenvalue weighted by molar-refractivity contribution is 0.481. The smallest absolute Gasteiger partial charge is 0.130 e. The third-order valence-corrected chi connectivity index (χ3v) is 1.45. The van der Waals surface area contributed by atoms with Gasteiger partial charge in [-0.2, -0.15) is 0 Å². The van der Waals surface area contributed by atoms with Gasteiger partial charge in [0.2, 0.25) is 0 Å². The van der Waals surface area contributed by atoms with E-state index in [1.54, 1.807) is 0 Å². The van der Waals surface area contributed by atoms with Crippen molar-refractivity contribution in [1.29, 1.82) is 0 Å². The van der Waals surface area contributed by atoms with Crippen molar-refractivity contribution >= 4 is 11.5 Å². The van der Waals surface area contributed by atoms with E-state index in [2.05, 4.69) is 4.98 Å². The second-order valence-corrected chi connectivity index (χ2v) is 2.38. The predicted molar refractivity (Wildman–Crippen MR) is 59.3 cm³/mol.